The molecule has 1 aliphatic heterocycles. The van der Waals surface area contributed by atoms with Gasteiger partial charge in [-0.25, -0.2) is 4.79 Å². The molecule has 0 amide bonds. The van der Waals surface area contributed by atoms with E-state index in [-0.39, 0.29) is 12.0 Å². The molecular formula is C29H35F3O4. The Morgan fingerprint density at radius 2 is 1.86 bits per heavy atom. The van der Waals surface area contributed by atoms with Crippen molar-refractivity contribution < 1.29 is 32.2 Å². The Labute approximate surface area is 211 Å². The van der Waals surface area contributed by atoms with Crippen LogP contribution < -0.4 is 4.74 Å². The third-order valence-electron chi connectivity index (χ3n) is 7.21. The molecule has 1 heterocycles. The molecule has 0 radical (unpaired) electrons. The van der Waals surface area contributed by atoms with Gasteiger partial charge in [0.25, 0.3) is 0 Å². The summed E-state index contributed by atoms with van der Waals surface area (Å²) < 4.78 is 61.6. The summed E-state index contributed by atoms with van der Waals surface area (Å²) in [5.41, 5.74) is 0.488. The molecule has 36 heavy (non-hydrogen) atoms. The van der Waals surface area contributed by atoms with Crippen molar-refractivity contribution in [1.82, 2.24) is 0 Å². The van der Waals surface area contributed by atoms with Crippen molar-refractivity contribution in [2.75, 3.05) is 13.7 Å². The van der Waals surface area contributed by atoms with Gasteiger partial charge >= 0.3 is 12.1 Å². The summed E-state index contributed by atoms with van der Waals surface area (Å²) in [6.45, 7) is 6.96. The lowest BCUT2D eigenvalue weighted by Crippen LogP contribution is -2.47. The standard InChI is InChI=1S/C29H35F3O4/c1-27(2,3)36-25(26(33)34-5)24-23(20-12-13-22-19(17-20)11-8-16-35-22)21(18-9-6-7-10-18)14-15-28(24,4)29(30,31)32/h9,12-14,17,25H,6-8,10-11,15-16H2,1-5H3. The fourth-order valence-corrected chi connectivity index (χ4v) is 5.35. The van der Waals surface area contributed by atoms with Crippen LogP contribution in [0.4, 0.5) is 13.2 Å². The van der Waals surface area contributed by atoms with Gasteiger partial charge in [-0.2, -0.15) is 13.2 Å². The predicted octanol–water partition coefficient (Wildman–Crippen LogP) is 7.13. The second-order valence-electron chi connectivity index (χ2n) is 11.0. The number of benzene rings is 1. The molecule has 0 N–H and O–H groups in total. The van der Waals surface area contributed by atoms with E-state index in [2.05, 4.69) is 6.08 Å². The predicted molar refractivity (Wildman–Crippen MR) is 133 cm³/mol. The summed E-state index contributed by atoms with van der Waals surface area (Å²) in [5, 5.41) is 0. The first-order chi connectivity index (χ1) is 16.9. The summed E-state index contributed by atoms with van der Waals surface area (Å²) in [7, 11) is 1.18. The van der Waals surface area contributed by atoms with E-state index >= 15 is 0 Å². The van der Waals surface area contributed by atoms with Crippen molar-refractivity contribution >= 4 is 11.5 Å². The summed E-state index contributed by atoms with van der Waals surface area (Å²) in [5.74, 6) is -0.0848. The zero-order valence-electron chi connectivity index (χ0n) is 21.7. The van der Waals surface area contributed by atoms with E-state index in [4.69, 9.17) is 14.2 Å². The van der Waals surface area contributed by atoms with Crippen LogP contribution in [-0.4, -0.2) is 37.6 Å². The summed E-state index contributed by atoms with van der Waals surface area (Å²) in [4.78, 5) is 13.1. The lowest BCUT2D eigenvalue weighted by Gasteiger charge is -2.43. The highest BCUT2D eigenvalue weighted by Gasteiger charge is 2.58. The Balaban J connectivity index is 2.06. The van der Waals surface area contributed by atoms with Crippen molar-refractivity contribution in [2.24, 2.45) is 5.41 Å². The third-order valence-corrected chi connectivity index (χ3v) is 7.21. The van der Waals surface area contributed by atoms with Gasteiger partial charge in [-0.3, -0.25) is 0 Å². The number of rotatable bonds is 5. The molecule has 4 nitrogen and oxygen atoms in total. The van der Waals surface area contributed by atoms with Crippen LogP contribution in [0, 0.1) is 5.41 Å². The van der Waals surface area contributed by atoms with Gasteiger partial charge < -0.3 is 14.2 Å². The number of esters is 1. The lowest BCUT2D eigenvalue weighted by molar-refractivity contribution is -0.211. The monoisotopic (exact) mass is 504 g/mol. The Morgan fingerprint density at radius 3 is 2.47 bits per heavy atom. The quantitative estimate of drug-likeness (QED) is 0.400. The van der Waals surface area contributed by atoms with Crippen LogP contribution in [0.15, 0.2) is 47.1 Å². The number of alkyl halides is 3. The minimum absolute atomic E-state index is 0.0845. The number of hydrogen-bond acceptors (Lipinski definition) is 4. The molecule has 0 fully saturated rings. The zero-order valence-corrected chi connectivity index (χ0v) is 21.7. The smallest absolute Gasteiger partial charge is 0.398 e. The zero-order chi connectivity index (χ0) is 26.3. The number of methoxy groups -OCH3 is 1. The first-order valence-electron chi connectivity index (χ1n) is 12.6. The Hall–Kier alpha value is -2.54. The maximum absolute atomic E-state index is 14.9. The Kier molecular flexibility index (Phi) is 7.17. The maximum Gasteiger partial charge on any atom is 0.398 e. The molecule has 196 valence electrons. The van der Waals surface area contributed by atoms with Crippen molar-refractivity contribution in [1.29, 1.82) is 0 Å². The van der Waals surface area contributed by atoms with Gasteiger partial charge in [0.1, 0.15) is 5.75 Å². The van der Waals surface area contributed by atoms with Crippen LogP contribution in [0.3, 0.4) is 0 Å². The molecule has 1 aromatic carbocycles. The number of ether oxygens (including phenoxy) is 3. The van der Waals surface area contributed by atoms with Gasteiger partial charge in [-0.1, -0.05) is 18.2 Å². The van der Waals surface area contributed by atoms with Crippen LogP contribution in [-0.2, 0) is 20.7 Å². The number of hydrogen-bond donors (Lipinski definition) is 0. The maximum atomic E-state index is 14.9. The SMILES string of the molecule is COC(=O)C(OC(C)(C)C)C1=C(c2ccc3c(c2)CCCO3)C(C2=CCCC2)=CCC1(C)C(F)(F)F. The fraction of sp³-hybridized carbons (Fsp3) is 0.552. The molecule has 3 aliphatic rings. The highest BCUT2D eigenvalue weighted by atomic mass is 19.4. The van der Waals surface area contributed by atoms with Crippen molar-refractivity contribution in [2.45, 2.75) is 84.1 Å². The molecule has 2 aliphatic carbocycles. The van der Waals surface area contributed by atoms with E-state index < -0.39 is 29.3 Å². The van der Waals surface area contributed by atoms with E-state index in [1.54, 1.807) is 32.9 Å². The molecular weight excluding hydrogens is 469 g/mol. The molecule has 0 saturated carbocycles. The van der Waals surface area contributed by atoms with Crippen molar-refractivity contribution in [3.8, 4) is 5.75 Å². The van der Waals surface area contributed by atoms with E-state index in [9.17, 15) is 18.0 Å². The first kappa shape index (κ1) is 26.5. The highest BCUT2D eigenvalue weighted by molar-refractivity contribution is 5.93. The van der Waals surface area contributed by atoms with Gasteiger partial charge in [0.15, 0.2) is 6.10 Å². The normalized spacial score (nSPS) is 23.4. The van der Waals surface area contributed by atoms with E-state index in [1.165, 1.54) is 14.0 Å². The van der Waals surface area contributed by atoms with Gasteiger partial charge in [0, 0.05) is 0 Å². The number of carbonyl (C=O) groups is 1. The molecule has 0 spiro atoms. The first-order valence-corrected chi connectivity index (χ1v) is 12.6. The van der Waals surface area contributed by atoms with Crippen molar-refractivity contribution in [3.63, 3.8) is 0 Å². The van der Waals surface area contributed by atoms with Crippen LogP contribution in [0.25, 0.3) is 5.57 Å². The highest BCUT2D eigenvalue weighted by Crippen LogP contribution is 2.56. The van der Waals surface area contributed by atoms with Crippen LogP contribution >= 0.6 is 0 Å². The molecule has 7 heteroatoms. The largest absolute Gasteiger partial charge is 0.493 e. The van der Waals surface area contributed by atoms with Crippen LogP contribution in [0.2, 0.25) is 0 Å². The van der Waals surface area contributed by atoms with Crippen LogP contribution in [0.5, 0.6) is 5.75 Å². The van der Waals surface area contributed by atoms with Gasteiger partial charge in [-0.05, 0) is 112 Å². The summed E-state index contributed by atoms with van der Waals surface area (Å²) in [6, 6.07) is 5.55. The van der Waals surface area contributed by atoms with E-state index in [0.29, 0.717) is 17.7 Å². The minimum Gasteiger partial charge on any atom is -0.493 e. The van der Waals surface area contributed by atoms with Crippen LogP contribution in [0.1, 0.15) is 70.9 Å². The number of fused-ring (bicyclic) bond motifs is 1. The van der Waals surface area contributed by atoms with Gasteiger partial charge in [0.2, 0.25) is 0 Å². The molecule has 1 aromatic rings. The second-order valence-corrected chi connectivity index (χ2v) is 11.0. The molecule has 4 rings (SSSR count). The number of halogens is 3. The Bertz CT molecular complexity index is 1120. The topological polar surface area (TPSA) is 44.8 Å². The third kappa shape index (κ3) is 4.99. The number of allylic oxidation sites excluding steroid dienone is 5. The molecule has 2 atom stereocenters. The van der Waals surface area contributed by atoms with E-state index in [1.807, 2.05) is 12.1 Å². The van der Waals surface area contributed by atoms with Crippen molar-refractivity contribution in [3.05, 3.63) is 58.2 Å². The average molecular weight is 505 g/mol. The lowest BCUT2D eigenvalue weighted by atomic mass is 9.66. The van der Waals surface area contributed by atoms with Gasteiger partial charge in [-0.15, -0.1) is 0 Å². The minimum atomic E-state index is -4.62. The Morgan fingerprint density at radius 1 is 1.11 bits per heavy atom. The molecule has 2 unspecified atom stereocenters. The number of carbonyl (C=O) groups excluding carboxylic acids is 1. The van der Waals surface area contributed by atoms with E-state index in [0.717, 1.165) is 54.6 Å². The van der Waals surface area contributed by atoms with Gasteiger partial charge in [0.05, 0.1) is 24.7 Å². The molecule has 0 bridgehead atoms. The summed E-state index contributed by atoms with van der Waals surface area (Å²) in [6.07, 6.45) is 1.60. The summed E-state index contributed by atoms with van der Waals surface area (Å²) >= 11 is 0. The molecule has 0 aromatic heterocycles. The molecule has 0 saturated heterocycles. The number of aryl methyl sites for hydroxylation is 1. The second kappa shape index (κ2) is 9.73. The average Bonchev–Trinajstić information content (AvgIpc) is 3.35. The fourth-order valence-electron chi connectivity index (χ4n) is 5.35.